The highest BCUT2D eigenvalue weighted by Crippen LogP contribution is 2.27. The van der Waals surface area contributed by atoms with Crippen molar-refractivity contribution in [3.05, 3.63) is 70.6 Å². The Morgan fingerprint density at radius 2 is 1.76 bits per heavy atom. The van der Waals surface area contributed by atoms with Crippen molar-refractivity contribution in [1.82, 2.24) is 25.0 Å². The predicted molar refractivity (Wildman–Crippen MR) is 107 cm³/mol. The fraction of sp³-hybridized carbons (Fsp3) is 0.158. The Morgan fingerprint density at radius 3 is 2.45 bits per heavy atom. The van der Waals surface area contributed by atoms with Crippen LogP contribution in [0, 0.1) is 10.1 Å². The van der Waals surface area contributed by atoms with Gasteiger partial charge in [0.2, 0.25) is 11.8 Å². The molecule has 10 heteroatoms. The maximum Gasteiger partial charge on any atom is 0.269 e. The van der Waals surface area contributed by atoms with Crippen LogP contribution in [0.5, 0.6) is 0 Å². The van der Waals surface area contributed by atoms with Gasteiger partial charge in [-0.05, 0) is 19.1 Å². The summed E-state index contributed by atoms with van der Waals surface area (Å²) in [6.45, 7) is 2.77. The summed E-state index contributed by atoms with van der Waals surface area (Å²) >= 11 is 1.46. The molecule has 146 valence electrons. The van der Waals surface area contributed by atoms with Crippen LogP contribution in [-0.4, -0.2) is 29.9 Å². The fourth-order valence-electron chi connectivity index (χ4n) is 2.76. The molecule has 0 bridgehead atoms. The lowest BCUT2D eigenvalue weighted by atomic mass is 10.2. The predicted octanol–water partition coefficient (Wildman–Crippen LogP) is 4.22. The summed E-state index contributed by atoms with van der Waals surface area (Å²) in [6, 6.07) is 15.9. The molecule has 4 aromatic rings. The average Bonchev–Trinajstić information content (AvgIpc) is 3.39. The van der Waals surface area contributed by atoms with Crippen LogP contribution in [0.25, 0.3) is 22.8 Å². The SMILES string of the molecule is CCn1c(SCc2nnc(-c3ccc([N+](=O)[O-])cc3)o2)nnc1-c1ccccc1. The molecule has 2 aromatic carbocycles. The molecule has 0 aliphatic carbocycles. The van der Waals surface area contributed by atoms with E-state index in [-0.39, 0.29) is 5.69 Å². The normalized spacial score (nSPS) is 10.9. The van der Waals surface area contributed by atoms with E-state index in [0.717, 1.165) is 23.1 Å². The molecule has 0 aliphatic heterocycles. The van der Waals surface area contributed by atoms with Gasteiger partial charge in [0.25, 0.3) is 5.69 Å². The van der Waals surface area contributed by atoms with Crippen LogP contribution in [0.1, 0.15) is 12.8 Å². The minimum absolute atomic E-state index is 0.0113. The highest BCUT2D eigenvalue weighted by molar-refractivity contribution is 7.98. The van der Waals surface area contributed by atoms with Crippen LogP contribution in [0.15, 0.2) is 64.2 Å². The Hall–Kier alpha value is -3.53. The van der Waals surface area contributed by atoms with Gasteiger partial charge in [0, 0.05) is 29.8 Å². The second-order valence-corrected chi connectivity index (χ2v) is 6.95. The second-order valence-electron chi connectivity index (χ2n) is 6.01. The van der Waals surface area contributed by atoms with Crippen LogP contribution < -0.4 is 0 Å². The van der Waals surface area contributed by atoms with Crippen molar-refractivity contribution >= 4 is 17.4 Å². The van der Waals surface area contributed by atoms with Crippen LogP contribution in [0.2, 0.25) is 0 Å². The molecule has 0 amide bonds. The maximum atomic E-state index is 10.8. The molecule has 2 aromatic heterocycles. The molecule has 0 saturated carbocycles. The number of non-ortho nitro benzene ring substituents is 1. The Morgan fingerprint density at radius 1 is 1.00 bits per heavy atom. The Balaban J connectivity index is 1.48. The number of nitro groups is 1. The van der Waals surface area contributed by atoms with E-state index in [1.54, 1.807) is 12.1 Å². The summed E-state index contributed by atoms with van der Waals surface area (Å²) in [6.07, 6.45) is 0. The quantitative estimate of drug-likeness (QED) is 0.254. The fourth-order valence-corrected chi connectivity index (χ4v) is 3.60. The number of thioether (sulfide) groups is 1. The van der Waals surface area contributed by atoms with E-state index >= 15 is 0 Å². The zero-order valence-corrected chi connectivity index (χ0v) is 16.2. The summed E-state index contributed by atoms with van der Waals surface area (Å²) in [5, 5.41) is 28.2. The summed E-state index contributed by atoms with van der Waals surface area (Å²) in [7, 11) is 0. The Labute approximate surface area is 170 Å². The van der Waals surface area contributed by atoms with E-state index < -0.39 is 4.92 Å². The first-order valence-corrected chi connectivity index (χ1v) is 9.83. The van der Waals surface area contributed by atoms with Crippen molar-refractivity contribution in [3.63, 3.8) is 0 Å². The zero-order chi connectivity index (χ0) is 20.2. The van der Waals surface area contributed by atoms with Gasteiger partial charge in [0.15, 0.2) is 11.0 Å². The lowest BCUT2D eigenvalue weighted by Gasteiger charge is -2.06. The molecule has 0 radical (unpaired) electrons. The standard InChI is InChI=1S/C19H16N6O3S/c1-2-24-17(13-6-4-3-5-7-13)21-23-19(24)29-12-16-20-22-18(28-16)14-8-10-15(11-9-14)25(26)27/h3-11H,2,12H2,1H3. The lowest BCUT2D eigenvalue weighted by Crippen LogP contribution is -1.99. The van der Waals surface area contributed by atoms with Gasteiger partial charge in [0.1, 0.15) is 0 Å². The molecular formula is C19H16N6O3S. The van der Waals surface area contributed by atoms with Gasteiger partial charge in [-0.2, -0.15) is 0 Å². The third kappa shape index (κ3) is 4.02. The van der Waals surface area contributed by atoms with Crippen LogP contribution in [-0.2, 0) is 12.3 Å². The van der Waals surface area contributed by atoms with Crippen molar-refractivity contribution in [2.45, 2.75) is 24.4 Å². The second kappa shape index (κ2) is 8.23. The molecule has 0 fully saturated rings. The molecule has 29 heavy (non-hydrogen) atoms. The minimum Gasteiger partial charge on any atom is -0.420 e. The number of hydrogen-bond donors (Lipinski definition) is 0. The molecule has 9 nitrogen and oxygen atoms in total. The maximum absolute atomic E-state index is 10.8. The molecule has 0 atom stereocenters. The van der Waals surface area contributed by atoms with Gasteiger partial charge < -0.3 is 8.98 Å². The first-order chi connectivity index (χ1) is 14.2. The summed E-state index contributed by atoms with van der Waals surface area (Å²) in [5.74, 6) is 2.01. The van der Waals surface area contributed by atoms with Crippen LogP contribution >= 0.6 is 11.8 Å². The van der Waals surface area contributed by atoms with Crippen LogP contribution in [0.4, 0.5) is 5.69 Å². The molecule has 0 saturated heterocycles. The van der Waals surface area contributed by atoms with Crippen LogP contribution in [0.3, 0.4) is 0 Å². The third-order valence-corrected chi connectivity index (χ3v) is 5.13. The van der Waals surface area contributed by atoms with Crippen molar-refractivity contribution < 1.29 is 9.34 Å². The number of nitrogens with zero attached hydrogens (tertiary/aromatic N) is 6. The molecule has 0 N–H and O–H groups in total. The number of aromatic nitrogens is 5. The third-order valence-electron chi connectivity index (χ3n) is 4.18. The summed E-state index contributed by atoms with van der Waals surface area (Å²) in [5.41, 5.74) is 1.64. The number of rotatable bonds is 7. The van der Waals surface area contributed by atoms with Gasteiger partial charge in [-0.15, -0.1) is 20.4 Å². The molecule has 0 spiro atoms. The smallest absolute Gasteiger partial charge is 0.269 e. The van der Waals surface area contributed by atoms with E-state index in [1.807, 2.05) is 41.8 Å². The highest BCUT2D eigenvalue weighted by Gasteiger charge is 2.15. The van der Waals surface area contributed by atoms with Gasteiger partial charge in [0.05, 0.1) is 10.7 Å². The van der Waals surface area contributed by atoms with Gasteiger partial charge in [-0.3, -0.25) is 10.1 Å². The van der Waals surface area contributed by atoms with Crippen molar-refractivity contribution in [2.75, 3.05) is 0 Å². The number of hydrogen-bond acceptors (Lipinski definition) is 8. The lowest BCUT2D eigenvalue weighted by molar-refractivity contribution is -0.384. The van der Waals surface area contributed by atoms with E-state index in [1.165, 1.54) is 23.9 Å². The molecule has 4 rings (SSSR count). The van der Waals surface area contributed by atoms with E-state index in [2.05, 4.69) is 20.4 Å². The van der Waals surface area contributed by atoms with Crippen molar-refractivity contribution in [3.8, 4) is 22.8 Å². The van der Waals surface area contributed by atoms with E-state index in [4.69, 9.17) is 4.42 Å². The topological polar surface area (TPSA) is 113 Å². The zero-order valence-electron chi connectivity index (χ0n) is 15.4. The molecule has 2 heterocycles. The largest absolute Gasteiger partial charge is 0.420 e. The Kier molecular flexibility index (Phi) is 5.34. The summed E-state index contributed by atoms with van der Waals surface area (Å²) in [4.78, 5) is 10.3. The van der Waals surface area contributed by atoms with E-state index in [0.29, 0.717) is 23.1 Å². The Bertz CT molecular complexity index is 1120. The molecular weight excluding hydrogens is 392 g/mol. The highest BCUT2D eigenvalue weighted by atomic mass is 32.2. The first kappa shape index (κ1) is 18.8. The minimum atomic E-state index is -0.451. The van der Waals surface area contributed by atoms with Gasteiger partial charge >= 0.3 is 0 Å². The monoisotopic (exact) mass is 408 g/mol. The van der Waals surface area contributed by atoms with Crippen molar-refractivity contribution in [2.24, 2.45) is 0 Å². The first-order valence-electron chi connectivity index (χ1n) is 8.84. The van der Waals surface area contributed by atoms with Crippen molar-refractivity contribution in [1.29, 1.82) is 0 Å². The number of benzene rings is 2. The van der Waals surface area contributed by atoms with Gasteiger partial charge in [-0.25, -0.2) is 0 Å². The average molecular weight is 408 g/mol. The van der Waals surface area contributed by atoms with Gasteiger partial charge in [-0.1, -0.05) is 42.1 Å². The molecule has 0 unspecified atom stereocenters. The van der Waals surface area contributed by atoms with E-state index in [9.17, 15) is 10.1 Å². The number of nitro benzene ring substituents is 1. The summed E-state index contributed by atoms with van der Waals surface area (Å²) < 4.78 is 7.72. The molecule has 0 aliphatic rings.